The molecule has 0 radical (unpaired) electrons. The summed E-state index contributed by atoms with van der Waals surface area (Å²) in [7, 11) is 0. The molecule has 1 aromatic carbocycles. The molecular weight excluding hydrogens is 245 g/mol. The van der Waals surface area contributed by atoms with Gasteiger partial charge in [-0.1, -0.05) is 11.6 Å². The first-order valence-electron chi connectivity index (χ1n) is 5.42. The fourth-order valence-electron chi connectivity index (χ4n) is 1.37. The number of carbonyl (C=O) groups is 1. The van der Waals surface area contributed by atoms with E-state index < -0.39 is 11.7 Å². The van der Waals surface area contributed by atoms with Crippen molar-refractivity contribution in [2.75, 3.05) is 6.54 Å². The van der Waals surface area contributed by atoms with Crippen LogP contribution in [0.25, 0.3) is 0 Å². The first-order valence-corrected chi connectivity index (χ1v) is 5.80. The molecule has 1 amide bonds. The van der Waals surface area contributed by atoms with E-state index in [0.29, 0.717) is 19.4 Å². The second-order valence-corrected chi connectivity index (χ2v) is 4.31. The van der Waals surface area contributed by atoms with Crippen molar-refractivity contribution in [3.8, 4) is 0 Å². The van der Waals surface area contributed by atoms with Gasteiger partial charge in [-0.2, -0.15) is 0 Å². The lowest BCUT2D eigenvalue weighted by Crippen LogP contribution is -2.25. The van der Waals surface area contributed by atoms with Crippen molar-refractivity contribution in [2.24, 2.45) is 0 Å². The summed E-state index contributed by atoms with van der Waals surface area (Å²) in [4.78, 5) is 11.6. The molecule has 0 bridgehead atoms. The molecule has 0 aliphatic carbocycles. The number of amides is 1. The number of hydrogen-bond donors (Lipinski definition) is 2. The molecule has 1 rings (SSSR count). The number of carbonyl (C=O) groups excluding carboxylic acids is 1. The van der Waals surface area contributed by atoms with Crippen LogP contribution in [0.1, 0.15) is 30.1 Å². The van der Waals surface area contributed by atoms with Crippen LogP contribution in [-0.4, -0.2) is 23.7 Å². The van der Waals surface area contributed by atoms with Gasteiger partial charge < -0.3 is 10.4 Å². The van der Waals surface area contributed by atoms with Crippen LogP contribution in [0.4, 0.5) is 4.39 Å². The molecule has 1 aromatic rings. The third-order valence-electron chi connectivity index (χ3n) is 2.26. The van der Waals surface area contributed by atoms with Gasteiger partial charge in [0.2, 0.25) is 0 Å². The average Bonchev–Trinajstić information content (AvgIpc) is 2.23. The molecule has 0 aliphatic heterocycles. The normalized spacial score (nSPS) is 12.2. The van der Waals surface area contributed by atoms with Crippen molar-refractivity contribution in [3.05, 3.63) is 34.6 Å². The third kappa shape index (κ3) is 4.71. The minimum atomic E-state index is -0.634. The molecule has 3 nitrogen and oxygen atoms in total. The lowest BCUT2D eigenvalue weighted by Gasteiger charge is -2.07. The lowest BCUT2D eigenvalue weighted by molar-refractivity contribution is 0.0945. The summed E-state index contributed by atoms with van der Waals surface area (Å²) < 4.78 is 13.4. The maximum Gasteiger partial charge on any atom is 0.254 e. The van der Waals surface area contributed by atoms with Crippen LogP contribution in [0.2, 0.25) is 5.02 Å². The Labute approximate surface area is 105 Å². The molecule has 0 aromatic heterocycles. The zero-order valence-corrected chi connectivity index (χ0v) is 10.3. The summed E-state index contributed by atoms with van der Waals surface area (Å²) in [6.45, 7) is 2.09. The molecule has 0 saturated carbocycles. The summed E-state index contributed by atoms with van der Waals surface area (Å²) in [5, 5.41) is 11.9. The second kappa shape index (κ2) is 6.57. The predicted octanol–water partition coefficient (Wildman–Crippen LogP) is 2.37. The van der Waals surface area contributed by atoms with Gasteiger partial charge in [-0.3, -0.25) is 4.79 Å². The zero-order valence-electron chi connectivity index (χ0n) is 9.54. The van der Waals surface area contributed by atoms with Gasteiger partial charge in [-0.05, 0) is 38.0 Å². The molecule has 0 spiro atoms. The van der Waals surface area contributed by atoms with Gasteiger partial charge in [-0.25, -0.2) is 4.39 Å². The summed E-state index contributed by atoms with van der Waals surface area (Å²) in [5.74, 6) is -1.10. The topological polar surface area (TPSA) is 49.3 Å². The van der Waals surface area contributed by atoms with Crippen LogP contribution >= 0.6 is 11.6 Å². The fourth-order valence-corrected chi connectivity index (χ4v) is 1.53. The van der Waals surface area contributed by atoms with Crippen molar-refractivity contribution in [2.45, 2.75) is 25.9 Å². The van der Waals surface area contributed by atoms with E-state index in [-0.39, 0.29) is 16.7 Å². The van der Waals surface area contributed by atoms with Gasteiger partial charge in [0.05, 0.1) is 11.7 Å². The molecule has 94 valence electrons. The molecule has 5 heteroatoms. The van der Waals surface area contributed by atoms with Crippen LogP contribution in [0, 0.1) is 5.82 Å². The monoisotopic (exact) mass is 259 g/mol. The molecule has 0 aliphatic rings. The molecular formula is C12H15ClFNO2. The van der Waals surface area contributed by atoms with Crippen LogP contribution in [-0.2, 0) is 0 Å². The first-order chi connectivity index (χ1) is 8.00. The number of halogens is 2. The average molecular weight is 260 g/mol. The third-order valence-corrected chi connectivity index (χ3v) is 2.50. The van der Waals surface area contributed by atoms with Crippen molar-refractivity contribution in [1.82, 2.24) is 5.32 Å². The highest BCUT2D eigenvalue weighted by Gasteiger charge is 2.11. The van der Waals surface area contributed by atoms with Crippen LogP contribution in [0.3, 0.4) is 0 Å². The smallest absolute Gasteiger partial charge is 0.254 e. The van der Waals surface area contributed by atoms with E-state index in [1.54, 1.807) is 6.92 Å². The Bertz CT molecular complexity index is 396. The summed E-state index contributed by atoms with van der Waals surface area (Å²) in [6, 6.07) is 3.92. The summed E-state index contributed by atoms with van der Waals surface area (Å²) in [6.07, 6.45) is 0.862. The Balaban J connectivity index is 2.47. The minimum absolute atomic E-state index is 0.0218. The van der Waals surface area contributed by atoms with Gasteiger partial charge in [-0.15, -0.1) is 0 Å². The first kappa shape index (κ1) is 13.9. The van der Waals surface area contributed by atoms with Crippen molar-refractivity contribution in [3.63, 3.8) is 0 Å². The molecule has 1 atom stereocenters. The number of rotatable bonds is 5. The number of aliphatic hydroxyl groups excluding tert-OH is 1. The summed E-state index contributed by atoms with van der Waals surface area (Å²) in [5.41, 5.74) is -0.0218. The summed E-state index contributed by atoms with van der Waals surface area (Å²) >= 11 is 5.58. The van der Waals surface area contributed by atoms with Crippen LogP contribution in [0.15, 0.2) is 18.2 Å². The Morgan fingerprint density at radius 1 is 1.59 bits per heavy atom. The van der Waals surface area contributed by atoms with E-state index in [2.05, 4.69) is 5.32 Å². The maximum atomic E-state index is 13.4. The maximum absolute atomic E-state index is 13.4. The van der Waals surface area contributed by atoms with E-state index in [0.717, 1.165) is 6.07 Å². The highest BCUT2D eigenvalue weighted by molar-refractivity contribution is 6.30. The molecule has 0 fully saturated rings. The van der Waals surface area contributed by atoms with Crippen molar-refractivity contribution >= 4 is 17.5 Å². The SMILES string of the molecule is CC(O)CCCNC(=O)c1ccc(Cl)cc1F. The quantitative estimate of drug-likeness (QED) is 0.798. The number of aliphatic hydroxyl groups is 1. The Morgan fingerprint density at radius 3 is 2.88 bits per heavy atom. The van der Waals surface area contributed by atoms with Gasteiger partial charge >= 0.3 is 0 Å². The van der Waals surface area contributed by atoms with E-state index in [1.807, 2.05) is 0 Å². The lowest BCUT2D eigenvalue weighted by atomic mass is 10.2. The van der Waals surface area contributed by atoms with E-state index >= 15 is 0 Å². The van der Waals surface area contributed by atoms with Crippen LogP contribution in [0.5, 0.6) is 0 Å². The minimum Gasteiger partial charge on any atom is -0.393 e. The van der Waals surface area contributed by atoms with Crippen LogP contribution < -0.4 is 5.32 Å². The number of hydrogen-bond acceptors (Lipinski definition) is 2. The van der Waals surface area contributed by atoms with E-state index in [1.165, 1.54) is 12.1 Å². The molecule has 17 heavy (non-hydrogen) atoms. The number of nitrogens with one attached hydrogen (secondary N) is 1. The van der Waals surface area contributed by atoms with E-state index in [4.69, 9.17) is 16.7 Å². The standard InChI is InChI=1S/C12H15ClFNO2/c1-8(16)3-2-6-15-12(17)10-5-4-9(13)7-11(10)14/h4-5,7-8,16H,2-3,6H2,1H3,(H,15,17). The highest BCUT2D eigenvalue weighted by Crippen LogP contribution is 2.14. The molecule has 0 heterocycles. The van der Waals surface area contributed by atoms with Gasteiger partial charge in [0.25, 0.3) is 5.91 Å². The van der Waals surface area contributed by atoms with Gasteiger partial charge in [0.15, 0.2) is 0 Å². The predicted molar refractivity (Wildman–Crippen MR) is 64.7 cm³/mol. The Morgan fingerprint density at radius 2 is 2.29 bits per heavy atom. The van der Waals surface area contributed by atoms with Gasteiger partial charge in [0.1, 0.15) is 5.82 Å². The zero-order chi connectivity index (χ0) is 12.8. The molecule has 2 N–H and O–H groups in total. The van der Waals surface area contributed by atoms with Crippen molar-refractivity contribution in [1.29, 1.82) is 0 Å². The molecule has 0 saturated heterocycles. The Hall–Kier alpha value is -1.13. The van der Waals surface area contributed by atoms with Gasteiger partial charge in [0, 0.05) is 11.6 Å². The fraction of sp³-hybridized carbons (Fsp3) is 0.417. The Kier molecular flexibility index (Phi) is 5.38. The molecule has 1 unspecified atom stereocenters. The van der Waals surface area contributed by atoms with Crippen molar-refractivity contribution < 1.29 is 14.3 Å². The number of benzene rings is 1. The highest BCUT2D eigenvalue weighted by atomic mass is 35.5. The second-order valence-electron chi connectivity index (χ2n) is 3.87. The van der Waals surface area contributed by atoms with E-state index in [9.17, 15) is 9.18 Å². The largest absolute Gasteiger partial charge is 0.393 e.